The summed E-state index contributed by atoms with van der Waals surface area (Å²) in [5.41, 5.74) is 1.09. The largest absolute Gasteiger partial charge is 0.356 e. The molecule has 22 heavy (non-hydrogen) atoms. The summed E-state index contributed by atoms with van der Waals surface area (Å²) >= 11 is 0. The van der Waals surface area contributed by atoms with Crippen molar-refractivity contribution in [2.75, 3.05) is 25.0 Å². The topological polar surface area (TPSA) is 52.6 Å². The first-order valence-corrected chi connectivity index (χ1v) is 8.43. The molecule has 2 N–H and O–H groups in total. The summed E-state index contributed by atoms with van der Waals surface area (Å²) in [4.78, 5) is 11.4. The quantitative estimate of drug-likeness (QED) is 0.663. The number of nitrogens with zero attached hydrogens (tertiary/aromatic N) is 3. The molecule has 2 aliphatic rings. The smallest absolute Gasteiger partial charge is 0.191 e. The first kappa shape index (κ1) is 15.1. The Balaban J connectivity index is 1.48. The van der Waals surface area contributed by atoms with Crippen LogP contribution in [0, 0.1) is 6.92 Å². The van der Waals surface area contributed by atoms with Crippen molar-refractivity contribution in [1.29, 1.82) is 0 Å². The molecule has 1 saturated heterocycles. The maximum Gasteiger partial charge on any atom is 0.191 e. The number of anilines is 1. The zero-order chi connectivity index (χ0) is 15.4. The van der Waals surface area contributed by atoms with E-state index >= 15 is 0 Å². The molecule has 1 aliphatic carbocycles. The van der Waals surface area contributed by atoms with Gasteiger partial charge < -0.3 is 15.5 Å². The van der Waals surface area contributed by atoms with Gasteiger partial charge in [-0.2, -0.15) is 0 Å². The van der Waals surface area contributed by atoms with E-state index in [0.717, 1.165) is 43.4 Å². The Morgan fingerprint density at radius 3 is 2.36 bits per heavy atom. The van der Waals surface area contributed by atoms with Gasteiger partial charge in [0.15, 0.2) is 5.96 Å². The minimum absolute atomic E-state index is 0.507. The molecule has 0 unspecified atom stereocenters. The van der Waals surface area contributed by atoms with Crippen molar-refractivity contribution in [2.24, 2.45) is 4.99 Å². The molecule has 0 spiro atoms. The SMILES string of the molecule is CN=C(NC1CCC1)NC1CCN(c2cccc(C)n2)CC1. The Hall–Kier alpha value is -1.78. The molecule has 2 fully saturated rings. The second-order valence-corrected chi connectivity index (χ2v) is 6.39. The third-order valence-corrected chi connectivity index (χ3v) is 4.70. The lowest BCUT2D eigenvalue weighted by Gasteiger charge is -2.35. The minimum atomic E-state index is 0.507. The maximum absolute atomic E-state index is 4.63. The number of hydrogen-bond donors (Lipinski definition) is 2. The van der Waals surface area contributed by atoms with E-state index in [4.69, 9.17) is 0 Å². The lowest BCUT2D eigenvalue weighted by molar-refractivity contribution is 0.374. The Morgan fingerprint density at radius 1 is 1.14 bits per heavy atom. The summed E-state index contributed by atoms with van der Waals surface area (Å²) in [6.07, 6.45) is 6.15. The van der Waals surface area contributed by atoms with Crippen molar-refractivity contribution >= 4 is 11.8 Å². The molecular formula is C17H27N5. The number of aliphatic imine (C=N–C) groups is 1. The van der Waals surface area contributed by atoms with Crippen LogP contribution in [0.2, 0.25) is 0 Å². The Labute approximate surface area is 133 Å². The molecule has 3 rings (SSSR count). The van der Waals surface area contributed by atoms with Crippen LogP contribution in [0.25, 0.3) is 0 Å². The monoisotopic (exact) mass is 301 g/mol. The van der Waals surface area contributed by atoms with Gasteiger partial charge in [0.2, 0.25) is 0 Å². The molecule has 0 radical (unpaired) electrons. The highest BCUT2D eigenvalue weighted by molar-refractivity contribution is 5.80. The van der Waals surface area contributed by atoms with E-state index in [9.17, 15) is 0 Å². The van der Waals surface area contributed by atoms with E-state index in [1.54, 1.807) is 0 Å². The van der Waals surface area contributed by atoms with Crippen LogP contribution in [0.3, 0.4) is 0 Å². The van der Waals surface area contributed by atoms with Crippen LogP contribution < -0.4 is 15.5 Å². The molecule has 5 heteroatoms. The predicted molar refractivity (Wildman–Crippen MR) is 91.5 cm³/mol. The molecule has 1 saturated carbocycles. The maximum atomic E-state index is 4.63. The van der Waals surface area contributed by atoms with Gasteiger partial charge >= 0.3 is 0 Å². The Bertz CT molecular complexity index is 516. The third-order valence-electron chi connectivity index (χ3n) is 4.70. The van der Waals surface area contributed by atoms with Gasteiger partial charge in [-0.1, -0.05) is 6.07 Å². The molecule has 1 aromatic heterocycles. The summed E-state index contributed by atoms with van der Waals surface area (Å²) in [5, 5.41) is 7.09. The summed E-state index contributed by atoms with van der Waals surface area (Å²) in [5.74, 6) is 2.08. The molecule has 1 aliphatic heterocycles. The van der Waals surface area contributed by atoms with Crippen molar-refractivity contribution < 1.29 is 0 Å². The molecule has 120 valence electrons. The van der Waals surface area contributed by atoms with Crippen molar-refractivity contribution in [3.63, 3.8) is 0 Å². The molecule has 5 nitrogen and oxygen atoms in total. The highest BCUT2D eigenvalue weighted by Gasteiger charge is 2.23. The van der Waals surface area contributed by atoms with E-state index < -0.39 is 0 Å². The fourth-order valence-electron chi connectivity index (χ4n) is 3.07. The van der Waals surface area contributed by atoms with Gasteiger partial charge in [0.1, 0.15) is 5.82 Å². The van der Waals surface area contributed by atoms with Gasteiger partial charge in [-0.3, -0.25) is 4.99 Å². The normalized spacial score (nSPS) is 20.6. The highest BCUT2D eigenvalue weighted by Crippen LogP contribution is 2.19. The van der Waals surface area contributed by atoms with E-state index in [-0.39, 0.29) is 0 Å². The van der Waals surface area contributed by atoms with Crippen molar-refractivity contribution in [3.8, 4) is 0 Å². The fraction of sp³-hybridized carbons (Fsp3) is 0.647. The summed E-state index contributed by atoms with van der Waals surface area (Å²) < 4.78 is 0. The predicted octanol–water partition coefficient (Wildman–Crippen LogP) is 2.08. The van der Waals surface area contributed by atoms with E-state index in [0.29, 0.717) is 12.1 Å². The summed E-state index contributed by atoms with van der Waals surface area (Å²) in [6.45, 7) is 4.15. The zero-order valence-corrected chi connectivity index (χ0v) is 13.7. The number of aryl methyl sites for hydroxylation is 1. The van der Waals surface area contributed by atoms with E-state index in [1.165, 1.54) is 19.3 Å². The molecular weight excluding hydrogens is 274 g/mol. The number of hydrogen-bond acceptors (Lipinski definition) is 3. The van der Waals surface area contributed by atoms with Gasteiger partial charge in [-0.15, -0.1) is 0 Å². The standard InChI is InChI=1S/C17H27N5/c1-13-5-3-8-16(19-13)22-11-9-15(10-12-22)21-17(18-2)20-14-6-4-7-14/h3,5,8,14-15H,4,6-7,9-12H2,1-2H3,(H2,18,20,21). The zero-order valence-electron chi connectivity index (χ0n) is 13.7. The second kappa shape index (κ2) is 6.99. The number of guanidine groups is 1. The van der Waals surface area contributed by atoms with Crippen molar-refractivity contribution in [3.05, 3.63) is 23.9 Å². The van der Waals surface area contributed by atoms with Crippen LogP contribution in [0.4, 0.5) is 5.82 Å². The minimum Gasteiger partial charge on any atom is -0.356 e. The second-order valence-electron chi connectivity index (χ2n) is 6.39. The van der Waals surface area contributed by atoms with E-state index in [1.807, 2.05) is 20.0 Å². The molecule has 2 heterocycles. The molecule has 0 atom stereocenters. The first-order valence-electron chi connectivity index (χ1n) is 8.43. The van der Waals surface area contributed by atoms with Crippen molar-refractivity contribution in [1.82, 2.24) is 15.6 Å². The number of piperidine rings is 1. The number of nitrogens with one attached hydrogen (secondary N) is 2. The first-order chi connectivity index (χ1) is 10.7. The van der Waals surface area contributed by atoms with Gasteiger partial charge in [0.25, 0.3) is 0 Å². The molecule has 0 amide bonds. The van der Waals surface area contributed by atoms with Crippen LogP contribution in [0.5, 0.6) is 0 Å². The highest BCUT2D eigenvalue weighted by atomic mass is 15.2. The Kier molecular flexibility index (Phi) is 4.80. The van der Waals surface area contributed by atoms with E-state index in [2.05, 4.69) is 37.6 Å². The summed E-state index contributed by atoms with van der Waals surface area (Å²) in [6, 6.07) is 7.38. The average Bonchev–Trinajstić information content (AvgIpc) is 2.50. The fourth-order valence-corrected chi connectivity index (χ4v) is 3.07. The molecule has 1 aromatic rings. The number of aromatic nitrogens is 1. The summed E-state index contributed by atoms with van der Waals surface area (Å²) in [7, 11) is 1.86. The average molecular weight is 301 g/mol. The number of pyridine rings is 1. The lowest BCUT2D eigenvalue weighted by atomic mass is 9.93. The third kappa shape index (κ3) is 3.70. The van der Waals surface area contributed by atoms with Crippen LogP contribution in [0.1, 0.15) is 37.8 Å². The van der Waals surface area contributed by atoms with Gasteiger partial charge in [-0.25, -0.2) is 4.98 Å². The lowest BCUT2D eigenvalue weighted by Crippen LogP contribution is -2.52. The number of rotatable bonds is 3. The molecule has 0 bridgehead atoms. The van der Waals surface area contributed by atoms with Gasteiger partial charge in [-0.05, 0) is 51.2 Å². The van der Waals surface area contributed by atoms with Crippen LogP contribution in [-0.4, -0.2) is 43.2 Å². The molecule has 0 aromatic carbocycles. The van der Waals surface area contributed by atoms with Crippen LogP contribution in [-0.2, 0) is 0 Å². The van der Waals surface area contributed by atoms with Crippen molar-refractivity contribution in [2.45, 2.75) is 51.1 Å². The van der Waals surface area contributed by atoms with Gasteiger partial charge in [0, 0.05) is 37.9 Å². The van der Waals surface area contributed by atoms with Crippen LogP contribution >= 0.6 is 0 Å². The Morgan fingerprint density at radius 2 is 1.82 bits per heavy atom. The van der Waals surface area contributed by atoms with Crippen LogP contribution in [0.15, 0.2) is 23.2 Å². The van der Waals surface area contributed by atoms with Gasteiger partial charge in [0.05, 0.1) is 0 Å².